The zero-order valence-corrected chi connectivity index (χ0v) is 17.0. The topological polar surface area (TPSA) is 104 Å². The Kier molecular flexibility index (Phi) is 5.81. The Morgan fingerprint density at radius 2 is 1.96 bits per heavy atom. The summed E-state index contributed by atoms with van der Waals surface area (Å²) in [5, 5.41) is 11.4. The van der Waals surface area contributed by atoms with Crippen molar-refractivity contribution in [3.05, 3.63) is 47.2 Å². The van der Waals surface area contributed by atoms with E-state index < -0.39 is 39.3 Å². The summed E-state index contributed by atoms with van der Waals surface area (Å²) in [6.45, 7) is 1.60. The normalized spacial score (nSPS) is 27.0. The molecule has 2 aliphatic heterocycles. The van der Waals surface area contributed by atoms with E-state index in [1.807, 2.05) is 18.2 Å². The molecule has 2 amide bonds. The number of benzene rings is 1. The lowest BCUT2D eigenvalue weighted by Crippen LogP contribution is -2.74. The Bertz CT molecular complexity index is 841. The van der Waals surface area contributed by atoms with Crippen LogP contribution in [-0.2, 0) is 31.6 Å². The highest BCUT2D eigenvalue weighted by Crippen LogP contribution is 2.39. The van der Waals surface area contributed by atoms with Gasteiger partial charge in [-0.15, -0.1) is 0 Å². The molecular formula is C18H19BrN2O5S. The molecule has 3 rings (SSSR count). The van der Waals surface area contributed by atoms with Crippen molar-refractivity contribution in [3.8, 4) is 0 Å². The lowest BCUT2D eigenvalue weighted by Gasteiger charge is -2.50. The molecule has 144 valence electrons. The maximum Gasteiger partial charge on any atom is 0.352 e. The fourth-order valence-electron chi connectivity index (χ4n) is 3.47. The van der Waals surface area contributed by atoms with Crippen molar-refractivity contribution >= 4 is 44.5 Å². The molecule has 1 fully saturated rings. The minimum atomic E-state index is -1.51. The number of carbonyl (C=O) groups excluding carboxylic acids is 2. The Morgan fingerprint density at radius 3 is 2.56 bits per heavy atom. The van der Waals surface area contributed by atoms with Crippen molar-refractivity contribution in [2.24, 2.45) is 0 Å². The number of fused-ring (bicyclic) bond motifs is 1. The first-order valence-electron chi connectivity index (χ1n) is 8.42. The smallest absolute Gasteiger partial charge is 0.352 e. The number of rotatable bonds is 6. The summed E-state index contributed by atoms with van der Waals surface area (Å²) in [6.07, 6.45) is 0.577. The van der Waals surface area contributed by atoms with Gasteiger partial charge in [0.05, 0.1) is 22.5 Å². The van der Waals surface area contributed by atoms with Crippen molar-refractivity contribution in [2.75, 3.05) is 5.33 Å². The number of nitrogens with zero attached hydrogens (tertiary/aromatic N) is 1. The fourth-order valence-corrected chi connectivity index (χ4v) is 6.24. The molecule has 0 spiro atoms. The van der Waals surface area contributed by atoms with Gasteiger partial charge in [-0.05, 0) is 24.5 Å². The summed E-state index contributed by atoms with van der Waals surface area (Å²) in [5.74, 6) is -2.13. The lowest BCUT2D eigenvalue weighted by atomic mass is 10.00. The van der Waals surface area contributed by atoms with Crippen LogP contribution in [0.25, 0.3) is 0 Å². The number of nitrogens with one attached hydrogen (secondary N) is 1. The van der Waals surface area contributed by atoms with Crippen LogP contribution in [0.3, 0.4) is 0 Å². The number of β-lactam (4-membered cyclic amide) rings is 1. The molecule has 27 heavy (non-hydrogen) atoms. The molecule has 4 atom stereocenters. The maximum absolute atomic E-state index is 13.0. The van der Waals surface area contributed by atoms with Crippen molar-refractivity contribution in [3.63, 3.8) is 0 Å². The van der Waals surface area contributed by atoms with E-state index in [4.69, 9.17) is 0 Å². The molecule has 3 unspecified atom stereocenters. The van der Waals surface area contributed by atoms with Gasteiger partial charge in [0.25, 0.3) is 5.91 Å². The van der Waals surface area contributed by atoms with Gasteiger partial charge >= 0.3 is 5.97 Å². The van der Waals surface area contributed by atoms with Crippen LogP contribution in [0.1, 0.15) is 18.9 Å². The summed E-state index contributed by atoms with van der Waals surface area (Å²) >= 11 is 3.30. The number of aliphatic carboxylic acids is 1. The first-order valence-corrected chi connectivity index (χ1v) is 10.8. The van der Waals surface area contributed by atoms with Crippen LogP contribution < -0.4 is 5.32 Å². The molecule has 0 radical (unpaired) electrons. The molecule has 1 saturated heterocycles. The average Bonchev–Trinajstić information content (AvgIpc) is 2.63. The number of hydrogen-bond acceptors (Lipinski definition) is 4. The van der Waals surface area contributed by atoms with Crippen molar-refractivity contribution < 1.29 is 23.7 Å². The second-order valence-electron chi connectivity index (χ2n) is 6.44. The minimum Gasteiger partial charge on any atom is -0.477 e. The second-order valence-corrected chi connectivity index (χ2v) is 8.94. The highest BCUT2D eigenvalue weighted by Gasteiger charge is 2.58. The van der Waals surface area contributed by atoms with E-state index in [2.05, 4.69) is 21.2 Å². The number of carboxylic acid groups (broad SMARTS) is 1. The number of amides is 2. The van der Waals surface area contributed by atoms with Gasteiger partial charge in [-0.3, -0.25) is 18.7 Å². The van der Waals surface area contributed by atoms with Crippen LogP contribution in [0, 0.1) is 0 Å². The summed E-state index contributed by atoms with van der Waals surface area (Å²) in [7, 11) is -1.51. The first-order chi connectivity index (χ1) is 12.9. The van der Waals surface area contributed by atoms with Gasteiger partial charge in [-0.2, -0.15) is 0 Å². The van der Waals surface area contributed by atoms with Crippen molar-refractivity contribution in [2.45, 2.75) is 36.4 Å². The second kappa shape index (κ2) is 7.93. The van der Waals surface area contributed by atoms with E-state index >= 15 is 0 Å². The van der Waals surface area contributed by atoms with E-state index in [1.54, 1.807) is 19.1 Å². The molecular weight excluding hydrogens is 436 g/mol. The molecule has 0 aromatic heterocycles. The molecule has 1 aromatic carbocycles. The van der Waals surface area contributed by atoms with E-state index in [9.17, 15) is 23.7 Å². The fraction of sp³-hybridized carbons (Fsp3) is 0.389. The zero-order chi connectivity index (χ0) is 19.7. The monoisotopic (exact) mass is 454 g/mol. The average molecular weight is 455 g/mol. The van der Waals surface area contributed by atoms with E-state index in [-0.39, 0.29) is 18.0 Å². The zero-order valence-electron chi connectivity index (χ0n) is 14.6. The van der Waals surface area contributed by atoms with E-state index in [0.29, 0.717) is 17.3 Å². The summed E-state index contributed by atoms with van der Waals surface area (Å²) < 4.78 is 13.0. The Labute approximate surface area is 167 Å². The molecule has 2 N–H and O–H groups in total. The number of hydrogen-bond donors (Lipinski definition) is 2. The lowest BCUT2D eigenvalue weighted by molar-refractivity contribution is -0.151. The van der Waals surface area contributed by atoms with Gasteiger partial charge in [0.1, 0.15) is 17.1 Å². The maximum atomic E-state index is 13.0. The van der Waals surface area contributed by atoms with Gasteiger partial charge in [-0.1, -0.05) is 46.3 Å². The van der Waals surface area contributed by atoms with Crippen LogP contribution in [0.5, 0.6) is 0 Å². The summed E-state index contributed by atoms with van der Waals surface area (Å²) in [6, 6.07) is 8.09. The third-order valence-electron chi connectivity index (χ3n) is 4.76. The molecule has 0 saturated carbocycles. The van der Waals surface area contributed by atoms with Crippen LogP contribution in [0.2, 0.25) is 0 Å². The molecule has 2 heterocycles. The molecule has 0 bridgehead atoms. The Hall–Kier alpha value is -2.00. The summed E-state index contributed by atoms with van der Waals surface area (Å²) in [4.78, 5) is 37.6. The molecule has 7 nitrogen and oxygen atoms in total. The first kappa shape index (κ1) is 19.8. The minimum absolute atomic E-state index is 0.0927. The number of alkyl halides is 1. The van der Waals surface area contributed by atoms with E-state index in [0.717, 1.165) is 10.5 Å². The van der Waals surface area contributed by atoms with Crippen LogP contribution in [-0.4, -0.2) is 54.0 Å². The van der Waals surface area contributed by atoms with Gasteiger partial charge in [0, 0.05) is 5.33 Å². The molecule has 0 aliphatic carbocycles. The van der Waals surface area contributed by atoms with Gasteiger partial charge in [0.15, 0.2) is 0 Å². The van der Waals surface area contributed by atoms with Crippen molar-refractivity contribution in [1.29, 1.82) is 0 Å². The van der Waals surface area contributed by atoms with Gasteiger partial charge < -0.3 is 10.4 Å². The Balaban J connectivity index is 1.81. The van der Waals surface area contributed by atoms with E-state index in [1.165, 1.54) is 0 Å². The number of halogens is 1. The number of carboxylic acids is 1. The SMILES string of the molecule is CC1=C(C(=O)O)N2C(=O)C(NC(=O)Cc3ccccc3)[C@H]2S(=O)C1CCBr. The molecule has 1 aromatic rings. The highest BCUT2D eigenvalue weighted by atomic mass is 79.9. The van der Waals surface area contributed by atoms with Gasteiger partial charge in [0.2, 0.25) is 5.91 Å². The predicted octanol–water partition coefficient (Wildman–Crippen LogP) is 1.16. The largest absolute Gasteiger partial charge is 0.477 e. The van der Waals surface area contributed by atoms with Gasteiger partial charge in [-0.25, -0.2) is 4.79 Å². The molecule has 2 aliphatic rings. The highest BCUT2D eigenvalue weighted by molar-refractivity contribution is 9.09. The predicted molar refractivity (Wildman–Crippen MR) is 103 cm³/mol. The van der Waals surface area contributed by atoms with Crippen LogP contribution in [0.4, 0.5) is 0 Å². The van der Waals surface area contributed by atoms with Crippen LogP contribution in [0.15, 0.2) is 41.6 Å². The summed E-state index contributed by atoms with van der Waals surface area (Å²) in [5.41, 5.74) is 1.10. The number of carbonyl (C=O) groups is 3. The third-order valence-corrected chi connectivity index (χ3v) is 7.32. The van der Waals surface area contributed by atoms with Crippen molar-refractivity contribution in [1.82, 2.24) is 10.2 Å². The third kappa shape index (κ3) is 3.58. The molecule has 9 heteroatoms. The van der Waals surface area contributed by atoms with Crippen LogP contribution >= 0.6 is 15.9 Å². The standard InChI is InChI=1S/C18H19BrN2O5S/c1-10-12(7-8-19)27(26)17-14(16(23)21(17)15(10)18(24)25)20-13(22)9-11-5-3-2-4-6-11/h2-6,12,14,17H,7-9H2,1H3,(H,20,22)(H,24,25)/t12?,14?,17-,27?/m1/s1. The quantitative estimate of drug-likeness (QED) is 0.495. The Morgan fingerprint density at radius 1 is 1.30 bits per heavy atom.